The van der Waals surface area contributed by atoms with Crippen LogP contribution >= 0.6 is 0 Å². The van der Waals surface area contributed by atoms with E-state index in [0.29, 0.717) is 23.5 Å². The molecule has 0 spiro atoms. The normalized spacial score (nSPS) is 11.3. The van der Waals surface area contributed by atoms with Crippen molar-refractivity contribution in [1.29, 1.82) is 0 Å². The number of aromatic amines is 1. The first-order chi connectivity index (χ1) is 9.00. The van der Waals surface area contributed by atoms with Crippen LogP contribution in [0.2, 0.25) is 0 Å². The topological polar surface area (TPSA) is 75.1 Å². The van der Waals surface area contributed by atoms with Crippen molar-refractivity contribution in [3.05, 3.63) is 34.2 Å². The van der Waals surface area contributed by atoms with Gasteiger partial charge in [-0.05, 0) is 30.9 Å². The number of nitrogens with zero attached hydrogens (tertiary/aromatic N) is 1. The van der Waals surface area contributed by atoms with Gasteiger partial charge in [0, 0.05) is 6.54 Å². The number of aromatic carboxylic acids is 1. The Labute approximate surface area is 110 Å². The van der Waals surface area contributed by atoms with Crippen LogP contribution in [0, 0.1) is 5.92 Å². The number of carboxylic acids is 1. The molecule has 0 amide bonds. The van der Waals surface area contributed by atoms with Crippen molar-refractivity contribution >= 4 is 17.0 Å². The minimum atomic E-state index is -1.03. The second kappa shape index (κ2) is 5.30. The van der Waals surface area contributed by atoms with E-state index in [0.717, 1.165) is 12.8 Å². The smallest absolute Gasteiger partial charge is 0.337 e. The number of benzene rings is 1. The number of para-hydroxylation sites is 1. The molecule has 2 rings (SSSR count). The van der Waals surface area contributed by atoms with Crippen LogP contribution in [0.1, 0.15) is 37.0 Å². The van der Waals surface area contributed by atoms with Gasteiger partial charge in [-0.25, -0.2) is 9.59 Å². The number of aromatic nitrogens is 2. The summed E-state index contributed by atoms with van der Waals surface area (Å²) in [5.41, 5.74) is 0.961. The summed E-state index contributed by atoms with van der Waals surface area (Å²) in [4.78, 5) is 25.7. The van der Waals surface area contributed by atoms with Crippen molar-refractivity contribution in [3.63, 3.8) is 0 Å². The average Bonchev–Trinajstić information content (AvgIpc) is 2.65. The van der Waals surface area contributed by atoms with Crippen molar-refractivity contribution in [1.82, 2.24) is 9.55 Å². The van der Waals surface area contributed by atoms with Gasteiger partial charge in [0.2, 0.25) is 0 Å². The number of hydrogen-bond donors (Lipinski definition) is 2. The number of rotatable bonds is 5. The third-order valence-corrected chi connectivity index (χ3v) is 3.20. The molecule has 5 heteroatoms. The maximum absolute atomic E-state index is 11.9. The molecule has 1 aromatic carbocycles. The number of fused-ring (bicyclic) bond motifs is 1. The lowest BCUT2D eigenvalue weighted by atomic mass is 10.1. The first-order valence-corrected chi connectivity index (χ1v) is 6.45. The van der Waals surface area contributed by atoms with Gasteiger partial charge in [-0.2, -0.15) is 0 Å². The van der Waals surface area contributed by atoms with Crippen molar-refractivity contribution in [3.8, 4) is 0 Å². The molecule has 0 atom stereocenters. The number of carboxylic acid groups (broad SMARTS) is 1. The lowest BCUT2D eigenvalue weighted by Crippen LogP contribution is -2.16. The van der Waals surface area contributed by atoms with Gasteiger partial charge in [-0.15, -0.1) is 0 Å². The summed E-state index contributed by atoms with van der Waals surface area (Å²) >= 11 is 0. The van der Waals surface area contributed by atoms with E-state index in [1.165, 1.54) is 6.07 Å². The predicted molar refractivity (Wildman–Crippen MR) is 73.6 cm³/mol. The molecule has 0 fully saturated rings. The third kappa shape index (κ3) is 2.70. The second-order valence-corrected chi connectivity index (χ2v) is 5.12. The molecule has 102 valence electrons. The highest BCUT2D eigenvalue weighted by Gasteiger charge is 2.13. The molecule has 0 saturated heterocycles. The fraction of sp³-hybridized carbons (Fsp3) is 0.429. The van der Waals surface area contributed by atoms with E-state index in [1.807, 2.05) is 0 Å². The standard InChI is InChI=1S/C14H18N2O3/c1-9(2)5-4-8-16-11-7-3-6-10(13(17)18)12(11)15-14(16)19/h3,6-7,9H,4-5,8H2,1-2H3,(H,15,19)(H,17,18). The van der Waals surface area contributed by atoms with Gasteiger partial charge in [-0.3, -0.25) is 4.57 Å². The molecule has 0 saturated carbocycles. The van der Waals surface area contributed by atoms with Gasteiger partial charge in [-0.1, -0.05) is 19.9 Å². The number of nitrogens with one attached hydrogen (secondary N) is 1. The summed E-state index contributed by atoms with van der Waals surface area (Å²) in [5.74, 6) is -0.434. The molecule has 0 aliphatic carbocycles. The second-order valence-electron chi connectivity index (χ2n) is 5.12. The average molecular weight is 262 g/mol. The molecule has 1 heterocycles. The Bertz CT molecular complexity index is 652. The minimum Gasteiger partial charge on any atom is -0.478 e. The van der Waals surface area contributed by atoms with E-state index >= 15 is 0 Å². The largest absolute Gasteiger partial charge is 0.478 e. The van der Waals surface area contributed by atoms with E-state index in [9.17, 15) is 9.59 Å². The molecule has 0 radical (unpaired) electrons. The Kier molecular flexibility index (Phi) is 3.74. The summed E-state index contributed by atoms with van der Waals surface area (Å²) in [6.07, 6.45) is 1.94. The van der Waals surface area contributed by atoms with Crippen LogP contribution < -0.4 is 5.69 Å². The molecule has 19 heavy (non-hydrogen) atoms. The van der Waals surface area contributed by atoms with Crippen LogP contribution in [0.4, 0.5) is 0 Å². The van der Waals surface area contributed by atoms with Gasteiger partial charge in [0.15, 0.2) is 0 Å². The highest BCUT2D eigenvalue weighted by atomic mass is 16.4. The maximum Gasteiger partial charge on any atom is 0.337 e. The van der Waals surface area contributed by atoms with Crippen LogP contribution in [0.5, 0.6) is 0 Å². The van der Waals surface area contributed by atoms with Gasteiger partial charge in [0.1, 0.15) is 0 Å². The Hall–Kier alpha value is -2.04. The Balaban J connectivity index is 2.40. The number of H-pyrrole nitrogens is 1. The first-order valence-electron chi connectivity index (χ1n) is 6.45. The maximum atomic E-state index is 11.9. The van der Waals surface area contributed by atoms with Crippen LogP contribution in [0.3, 0.4) is 0 Å². The van der Waals surface area contributed by atoms with E-state index < -0.39 is 5.97 Å². The molecular weight excluding hydrogens is 244 g/mol. The quantitative estimate of drug-likeness (QED) is 0.869. The fourth-order valence-electron chi connectivity index (χ4n) is 2.24. The third-order valence-electron chi connectivity index (χ3n) is 3.20. The molecule has 5 nitrogen and oxygen atoms in total. The lowest BCUT2D eigenvalue weighted by molar-refractivity contribution is 0.0699. The van der Waals surface area contributed by atoms with Gasteiger partial charge >= 0.3 is 11.7 Å². The van der Waals surface area contributed by atoms with Crippen molar-refractivity contribution in [2.24, 2.45) is 5.92 Å². The number of hydrogen-bond acceptors (Lipinski definition) is 2. The van der Waals surface area contributed by atoms with Crippen molar-refractivity contribution in [2.45, 2.75) is 33.2 Å². The van der Waals surface area contributed by atoms with E-state index in [1.54, 1.807) is 16.7 Å². The zero-order valence-corrected chi connectivity index (χ0v) is 11.1. The Morgan fingerprint density at radius 2 is 2.16 bits per heavy atom. The predicted octanol–water partition coefficient (Wildman–Crippen LogP) is 2.46. The van der Waals surface area contributed by atoms with E-state index in [2.05, 4.69) is 18.8 Å². The molecule has 2 aromatic rings. The fourth-order valence-corrected chi connectivity index (χ4v) is 2.24. The van der Waals surface area contributed by atoms with Crippen LogP contribution in [0.15, 0.2) is 23.0 Å². The highest BCUT2D eigenvalue weighted by Crippen LogP contribution is 2.16. The number of carbonyl (C=O) groups is 1. The minimum absolute atomic E-state index is 0.136. The highest BCUT2D eigenvalue weighted by molar-refractivity contribution is 6.00. The number of imidazole rings is 1. The summed E-state index contributed by atoms with van der Waals surface area (Å²) in [7, 11) is 0. The van der Waals surface area contributed by atoms with Crippen LogP contribution in [-0.2, 0) is 6.54 Å². The molecule has 0 aliphatic heterocycles. The van der Waals surface area contributed by atoms with Gasteiger partial charge < -0.3 is 10.1 Å². The van der Waals surface area contributed by atoms with Crippen LogP contribution in [0.25, 0.3) is 11.0 Å². The first kappa shape index (κ1) is 13.4. The monoisotopic (exact) mass is 262 g/mol. The zero-order valence-electron chi connectivity index (χ0n) is 11.1. The molecule has 1 aromatic heterocycles. The van der Waals surface area contributed by atoms with E-state index in [4.69, 9.17) is 5.11 Å². The van der Waals surface area contributed by atoms with Crippen molar-refractivity contribution < 1.29 is 9.90 Å². The number of aryl methyl sites for hydroxylation is 1. The van der Waals surface area contributed by atoms with Gasteiger partial charge in [0.05, 0.1) is 16.6 Å². The van der Waals surface area contributed by atoms with Crippen molar-refractivity contribution in [2.75, 3.05) is 0 Å². The molecular formula is C14H18N2O3. The summed E-state index contributed by atoms with van der Waals surface area (Å²) in [6, 6.07) is 4.94. The SMILES string of the molecule is CC(C)CCCn1c(=O)[nH]c2c(C(=O)O)cccc21. The molecule has 0 unspecified atom stereocenters. The zero-order chi connectivity index (χ0) is 14.0. The Morgan fingerprint density at radius 3 is 2.79 bits per heavy atom. The van der Waals surface area contributed by atoms with Gasteiger partial charge in [0.25, 0.3) is 0 Å². The molecule has 2 N–H and O–H groups in total. The lowest BCUT2D eigenvalue weighted by Gasteiger charge is -2.06. The summed E-state index contributed by atoms with van der Waals surface area (Å²) in [5, 5.41) is 9.10. The van der Waals surface area contributed by atoms with Crippen LogP contribution in [-0.4, -0.2) is 20.6 Å². The molecule has 0 bridgehead atoms. The Morgan fingerprint density at radius 1 is 1.42 bits per heavy atom. The summed E-state index contributed by atoms with van der Waals surface area (Å²) < 4.78 is 1.62. The summed E-state index contributed by atoms with van der Waals surface area (Å²) in [6.45, 7) is 4.89. The van der Waals surface area contributed by atoms with E-state index in [-0.39, 0.29) is 11.3 Å². The molecule has 0 aliphatic rings.